The van der Waals surface area contributed by atoms with Crippen LogP contribution in [0.5, 0.6) is 0 Å². The lowest BCUT2D eigenvalue weighted by Gasteiger charge is -2.07. The van der Waals surface area contributed by atoms with Crippen LogP contribution in [0, 0.1) is 6.92 Å². The number of thiazole rings is 1. The molecule has 4 nitrogen and oxygen atoms in total. The van der Waals surface area contributed by atoms with Gasteiger partial charge in [0.15, 0.2) is 0 Å². The van der Waals surface area contributed by atoms with E-state index in [1.54, 1.807) is 11.3 Å². The van der Waals surface area contributed by atoms with E-state index in [4.69, 9.17) is 0 Å². The Hall–Kier alpha value is -2.14. The molecule has 0 radical (unpaired) electrons. The average Bonchev–Trinajstić information content (AvgIpc) is 3.10. The molecule has 0 unspecified atom stereocenters. The summed E-state index contributed by atoms with van der Waals surface area (Å²) in [4.78, 5) is 4.34. The van der Waals surface area contributed by atoms with Crippen LogP contribution >= 0.6 is 11.3 Å². The Bertz CT molecular complexity index is 700. The summed E-state index contributed by atoms with van der Waals surface area (Å²) in [6, 6.07) is 8.34. The zero-order chi connectivity index (χ0) is 13.9. The smallest absolute Gasteiger partial charge is 0.123 e. The molecule has 3 rings (SSSR count). The van der Waals surface area contributed by atoms with Gasteiger partial charge in [0.05, 0.1) is 6.20 Å². The molecule has 2 heterocycles. The molecule has 0 fully saturated rings. The first-order valence-corrected chi connectivity index (χ1v) is 7.33. The van der Waals surface area contributed by atoms with E-state index in [1.165, 1.54) is 11.3 Å². The van der Waals surface area contributed by atoms with E-state index >= 15 is 0 Å². The van der Waals surface area contributed by atoms with Crippen LogP contribution in [0.25, 0.3) is 10.6 Å². The summed E-state index contributed by atoms with van der Waals surface area (Å²) in [5.74, 6) is 0. The Labute approximate surface area is 122 Å². The Morgan fingerprint density at radius 3 is 2.95 bits per heavy atom. The maximum atomic E-state index is 4.34. The number of nitrogens with zero attached hydrogens (tertiary/aromatic N) is 3. The van der Waals surface area contributed by atoms with Gasteiger partial charge in [0.25, 0.3) is 0 Å². The number of rotatable bonds is 4. The maximum Gasteiger partial charge on any atom is 0.123 e. The SMILES string of the molecule is Cc1c(CNc2cccc(-c3nccs3)c2)cnn1C. The summed E-state index contributed by atoms with van der Waals surface area (Å²) < 4.78 is 1.89. The fraction of sp³-hybridized carbons (Fsp3) is 0.200. The summed E-state index contributed by atoms with van der Waals surface area (Å²) >= 11 is 1.65. The van der Waals surface area contributed by atoms with Crippen molar-refractivity contribution in [1.82, 2.24) is 14.8 Å². The standard InChI is InChI=1S/C15H16N4S/c1-11-13(10-18-19(11)2)9-17-14-5-3-4-12(8-14)15-16-6-7-20-15/h3-8,10,17H,9H2,1-2H3. The molecule has 0 amide bonds. The van der Waals surface area contributed by atoms with Crippen molar-refractivity contribution < 1.29 is 0 Å². The topological polar surface area (TPSA) is 42.7 Å². The summed E-state index contributed by atoms with van der Waals surface area (Å²) in [7, 11) is 1.96. The van der Waals surface area contributed by atoms with Crippen molar-refractivity contribution in [2.45, 2.75) is 13.5 Å². The minimum atomic E-state index is 0.779. The van der Waals surface area contributed by atoms with E-state index in [2.05, 4.69) is 46.6 Å². The molecule has 1 N–H and O–H groups in total. The van der Waals surface area contributed by atoms with Crippen molar-refractivity contribution in [3.8, 4) is 10.6 Å². The average molecular weight is 284 g/mol. The van der Waals surface area contributed by atoms with Gasteiger partial charge in [-0.15, -0.1) is 11.3 Å². The van der Waals surface area contributed by atoms with Gasteiger partial charge >= 0.3 is 0 Å². The van der Waals surface area contributed by atoms with Crippen LogP contribution < -0.4 is 5.32 Å². The highest BCUT2D eigenvalue weighted by molar-refractivity contribution is 7.13. The molecule has 0 saturated carbocycles. The van der Waals surface area contributed by atoms with Crippen molar-refractivity contribution in [2.75, 3.05) is 5.32 Å². The van der Waals surface area contributed by atoms with Gasteiger partial charge in [0.1, 0.15) is 5.01 Å². The highest BCUT2D eigenvalue weighted by atomic mass is 32.1. The van der Waals surface area contributed by atoms with Crippen molar-refractivity contribution >= 4 is 17.0 Å². The number of aryl methyl sites for hydroxylation is 1. The molecule has 0 bridgehead atoms. The third-order valence-corrected chi connectivity index (χ3v) is 4.18. The molecule has 3 aromatic rings. The first-order chi connectivity index (χ1) is 9.74. The lowest BCUT2D eigenvalue weighted by Crippen LogP contribution is -2.01. The predicted octanol–water partition coefficient (Wildman–Crippen LogP) is 3.46. The van der Waals surface area contributed by atoms with E-state index < -0.39 is 0 Å². The third kappa shape index (κ3) is 2.58. The second-order valence-corrected chi connectivity index (χ2v) is 5.55. The maximum absolute atomic E-state index is 4.34. The van der Waals surface area contributed by atoms with Gasteiger partial charge in [-0.1, -0.05) is 12.1 Å². The van der Waals surface area contributed by atoms with Crippen LogP contribution in [0.2, 0.25) is 0 Å². The number of aromatic nitrogens is 3. The fourth-order valence-electron chi connectivity index (χ4n) is 2.04. The Morgan fingerprint density at radius 2 is 2.25 bits per heavy atom. The number of benzene rings is 1. The van der Waals surface area contributed by atoms with Crippen LogP contribution in [0.1, 0.15) is 11.3 Å². The van der Waals surface area contributed by atoms with Crippen LogP contribution in [0.15, 0.2) is 42.0 Å². The van der Waals surface area contributed by atoms with Crippen molar-refractivity contribution in [2.24, 2.45) is 7.05 Å². The lowest BCUT2D eigenvalue weighted by molar-refractivity contribution is 0.738. The Kier molecular flexibility index (Phi) is 3.52. The van der Waals surface area contributed by atoms with Crippen LogP contribution in [-0.2, 0) is 13.6 Å². The lowest BCUT2D eigenvalue weighted by atomic mass is 10.2. The van der Waals surface area contributed by atoms with Crippen molar-refractivity contribution in [1.29, 1.82) is 0 Å². The third-order valence-electron chi connectivity index (χ3n) is 3.36. The van der Waals surface area contributed by atoms with Crippen molar-refractivity contribution in [3.05, 3.63) is 53.3 Å². The van der Waals surface area contributed by atoms with Gasteiger partial charge in [0.2, 0.25) is 0 Å². The summed E-state index contributed by atoms with van der Waals surface area (Å²) in [6.07, 6.45) is 3.74. The van der Waals surface area contributed by atoms with E-state index in [1.807, 2.05) is 29.5 Å². The highest BCUT2D eigenvalue weighted by Gasteiger charge is 2.04. The summed E-state index contributed by atoms with van der Waals surface area (Å²) in [6.45, 7) is 2.86. The quantitative estimate of drug-likeness (QED) is 0.797. The van der Waals surface area contributed by atoms with Crippen LogP contribution in [-0.4, -0.2) is 14.8 Å². The van der Waals surface area contributed by atoms with Crippen molar-refractivity contribution in [3.63, 3.8) is 0 Å². The second kappa shape index (κ2) is 5.46. The van der Waals surface area contributed by atoms with Gasteiger partial charge in [-0.05, 0) is 19.1 Å². The zero-order valence-electron chi connectivity index (χ0n) is 11.5. The fourth-order valence-corrected chi connectivity index (χ4v) is 2.68. The number of hydrogen-bond acceptors (Lipinski definition) is 4. The van der Waals surface area contributed by atoms with E-state index in [0.29, 0.717) is 0 Å². The van der Waals surface area contributed by atoms with Gasteiger partial charge in [-0.3, -0.25) is 4.68 Å². The molecule has 0 aliphatic carbocycles. The molecule has 2 aromatic heterocycles. The Morgan fingerprint density at radius 1 is 1.35 bits per heavy atom. The van der Waals surface area contributed by atoms with Gasteiger partial charge in [0, 0.05) is 47.7 Å². The number of nitrogens with one attached hydrogen (secondary N) is 1. The predicted molar refractivity (Wildman–Crippen MR) is 82.8 cm³/mol. The molecule has 0 aliphatic rings. The Balaban J connectivity index is 1.75. The van der Waals surface area contributed by atoms with E-state index in [9.17, 15) is 0 Å². The molecule has 0 atom stereocenters. The van der Waals surface area contributed by atoms with E-state index in [0.717, 1.165) is 22.8 Å². The normalized spacial score (nSPS) is 10.7. The van der Waals surface area contributed by atoms with Crippen LogP contribution in [0.4, 0.5) is 5.69 Å². The summed E-state index contributed by atoms with van der Waals surface area (Å²) in [5, 5.41) is 10.7. The molecular formula is C15H16N4S. The minimum Gasteiger partial charge on any atom is -0.381 e. The monoisotopic (exact) mass is 284 g/mol. The molecule has 0 aliphatic heterocycles. The molecule has 5 heteroatoms. The van der Waals surface area contributed by atoms with E-state index in [-0.39, 0.29) is 0 Å². The molecule has 0 saturated heterocycles. The largest absolute Gasteiger partial charge is 0.381 e. The molecular weight excluding hydrogens is 268 g/mol. The minimum absolute atomic E-state index is 0.779. The first-order valence-electron chi connectivity index (χ1n) is 6.45. The second-order valence-electron chi connectivity index (χ2n) is 4.65. The number of hydrogen-bond donors (Lipinski definition) is 1. The molecule has 0 spiro atoms. The highest BCUT2D eigenvalue weighted by Crippen LogP contribution is 2.24. The molecule has 20 heavy (non-hydrogen) atoms. The molecule has 1 aromatic carbocycles. The molecule has 102 valence electrons. The van der Waals surface area contributed by atoms with Crippen LogP contribution in [0.3, 0.4) is 0 Å². The van der Waals surface area contributed by atoms with Gasteiger partial charge < -0.3 is 5.32 Å². The first kappa shape index (κ1) is 12.9. The number of anilines is 1. The van der Waals surface area contributed by atoms with Gasteiger partial charge in [-0.2, -0.15) is 5.10 Å². The summed E-state index contributed by atoms with van der Waals surface area (Å²) in [5.41, 5.74) is 4.65. The zero-order valence-corrected chi connectivity index (χ0v) is 12.3. The van der Waals surface area contributed by atoms with Gasteiger partial charge in [-0.25, -0.2) is 4.98 Å².